The molecule has 0 fully saturated rings. The molecule has 8 nitrogen and oxygen atoms in total. The SMILES string of the molecule is CCC(C)(C)c1ccc(OCCCNC(=O)c2cc(SCCCC(=O)O)c3c(NC(=O)OCC(C)C)cccc3c2)c(C(C)(C)CC)c1. The highest BCUT2D eigenvalue weighted by molar-refractivity contribution is 7.99. The van der Waals surface area contributed by atoms with E-state index in [1.807, 2.05) is 38.1 Å². The molecule has 2 amide bonds. The third kappa shape index (κ3) is 10.9. The van der Waals surface area contributed by atoms with Crippen LogP contribution in [0.15, 0.2) is 53.4 Å². The molecule has 0 bridgehead atoms. The van der Waals surface area contributed by atoms with Gasteiger partial charge in [0.15, 0.2) is 0 Å². The number of hydrogen-bond acceptors (Lipinski definition) is 6. The summed E-state index contributed by atoms with van der Waals surface area (Å²) in [6, 6.07) is 15.7. The second kappa shape index (κ2) is 17.6. The monoisotopic (exact) mass is 678 g/mol. The number of aliphatic carboxylic acids is 1. The molecule has 3 aromatic carbocycles. The summed E-state index contributed by atoms with van der Waals surface area (Å²) in [4.78, 5) is 37.7. The van der Waals surface area contributed by atoms with Crippen molar-refractivity contribution in [2.24, 2.45) is 5.92 Å². The molecular weight excluding hydrogens is 625 g/mol. The third-order valence-corrected chi connectivity index (χ3v) is 10.0. The van der Waals surface area contributed by atoms with Crippen molar-refractivity contribution >= 4 is 46.2 Å². The maximum absolute atomic E-state index is 13.4. The molecule has 0 atom stereocenters. The number of amides is 2. The van der Waals surface area contributed by atoms with Crippen LogP contribution >= 0.6 is 11.8 Å². The van der Waals surface area contributed by atoms with E-state index < -0.39 is 12.1 Å². The molecule has 0 saturated heterocycles. The van der Waals surface area contributed by atoms with Gasteiger partial charge in [-0.2, -0.15) is 0 Å². The molecule has 3 rings (SSSR count). The molecule has 3 aromatic rings. The van der Waals surface area contributed by atoms with Gasteiger partial charge in [-0.25, -0.2) is 4.79 Å². The summed E-state index contributed by atoms with van der Waals surface area (Å²) in [7, 11) is 0. The zero-order valence-electron chi connectivity index (χ0n) is 30.0. The lowest BCUT2D eigenvalue weighted by Crippen LogP contribution is -2.26. The van der Waals surface area contributed by atoms with E-state index in [-0.39, 0.29) is 29.1 Å². The standard InChI is InChI=1S/C39H54N2O6S/c1-9-38(5,6)29-17-18-32(30(24-29)39(7,8)10-2)46-20-13-19-40-36(44)28-22-27-14-11-15-31(41-37(45)47-25-26(3)4)35(27)33(23-28)48-21-12-16-34(42)43/h11,14-15,17-18,22-24,26H,9-10,12-13,16,19-21,25H2,1-8H3,(H,40,44)(H,41,45)(H,42,43). The Labute approximate surface area is 290 Å². The number of rotatable bonds is 18. The van der Waals surface area contributed by atoms with E-state index in [1.165, 1.54) is 22.9 Å². The summed E-state index contributed by atoms with van der Waals surface area (Å²) in [6.07, 6.45) is 2.65. The number of ether oxygens (including phenoxy) is 2. The van der Waals surface area contributed by atoms with E-state index in [9.17, 15) is 14.4 Å². The lowest BCUT2D eigenvalue weighted by Gasteiger charge is -2.30. The maximum Gasteiger partial charge on any atom is 0.411 e. The van der Waals surface area contributed by atoms with Crippen molar-refractivity contribution in [2.75, 3.05) is 30.8 Å². The molecule has 0 aromatic heterocycles. The van der Waals surface area contributed by atoms with Crippen molar-refractivity contribution in [1.82, 2.24) is 5.32 Å². The molecule has 262 valence electrons. The van der Waals surface area contributed by atoms with Gasteiger partial charge in [0.2, 0.25) is 0 Å². The summed E-state index contributed by atoms with van der Waals surface area (Å²) in [5.41, 5.74) is 3.63. The van der Waals surface area contributed by atoms with E-state index in [0.29, 0.717) is 49.6 Å². The summed E-state index contributed by atoms with van der Waals surface area (Å²) >= 11 is 1.47. The molecule has 0 radical (unpaired) electrons. The quantitative estimate of drug-likeness (QED) is 0.0907. The Morgan fingerprint density at radius 1 is 0.938 bits per heavy atom. The normalized spacial score (nSPS) is 11.9. The lowest BCUT2D eigenvalue weighted by molar-refractivity contribution is -0.137. The van der Waals surface area contributed by atoms with Crippen molar-refractivity contribution in [2.45, 2.75) is 103 Å². The Hall–Kier alpha value is -3.72. The van der Waals surface area contributed by atoms with Gasteiger partial charge < -0.3 is 19.9 Å². The molecule has 9 heteroatoms. The minimum absolute atomic E-state index is 0.0351. The number of carboxylic acids is 1. The van der Waals surface area contributed by atoms with Gasteiger partial charge >= 0.3 is 12.1 Å². The van der Waals surface area contributed by atoms with Crippen molar-refractivity contribution in [3.05, 3.63) is 65.2 Å². The highest BCUT2D eigenvalue weighted by atomic mass is 32.2. The zero-order chi connectivity index (χ0) is 35.5. The number of hydrogen-bond donors (Lipinski definition) is 3. The highest BCUT2D eigenvalue weighted by Gasteiger charge is 2.26. The summed E-state index contributed by atoms with van der Waals surface area (Å²) < 4.78 is 11.6. The van der Waals surface area contributed by atoms with Crippen molar-refractivity contribution in [3.8, 4) is 5.75 Å². The minimum Gasteiger partial charge on any atom is -0.493 e. The Kier molecular flexibility index (Phi) is 14.2. The summed E-state index contributed by atoms with van der Waals surface area (Å²) in [5, 5.41) is 16.5. The number of thioether (sulfide) groups is 1. The average Bonchev–Trinajstić information content (AvgIpc) is 3.05. The summed E-state index contributed by atoms with van der Waals surface area (Å²) in [5.74, 6) is 0.574. The molecule has 0 aliphatic rings. The number of carbonyl (C=O) groups excluding carboxylic acids is 2. The molecule has 0 spiro atoms. The van der Waals surface area contributed by atoms with Gasteiger partial charge in [0.25, 0.3) is 5.91 Å². The van der Waals surface area contributed by atoms with Crippen molar-refractivity contribution in [3.63, 3.8) is 0 Å². The first kappa shape index (κ1) is 38.7. The fourth-order valence-corrected chi connectivity index (χ4v) is 6.18. The Morgan fingerprint density at radius 3 is 2.33 bits per heavy atom. The van der Waals surface area contributed by atoms with Gasteiger partial charge in [-0.1, -0.05) is 79.7 Å². The topological polar surface area (TPSA) is 114 Å². The predicted molar refractivity (Wildman–Crippen MR) is 197 cm³/mol. The van der Waals surface area contributed by atoms with E-state index in [4.69, 9.17) is 14.6 Å². The van der Waals surface area contributed by atoms with Gasteiger partial charge in [-0.3, -0.25) is 14.9 Å². The number of nitrogens with one attached hydrogen (secondary N) is 2. The number of anilines is 1. The van der Waals surface area contributed by atoms with E-state index in [0.717, 1.165) is 34.3 Å². The predicted octanol–water partition coefficient (Wildman–Crippen LogP) is 9.58. The second-order valence-electron chi connectivity index (χ2n) is 14.0. The molecule has 0 saturated carbocycles. The molecule has 0 aliphatic carbocycles. The van der Waals surface area contributed by atoms with E-state index in [1.54, 1.807) is 6.07 Å². The Bertz CT molecular complexity index is 1570. The van der Waals surface area contributed by atoms with Crippen LogP contribution in [0.4, 0.5) is 10.5 Å². The third-order valence-electron chi connectivity index (χ3n) is 8.90. The van der Waals surface area contributed by atoms with Crippen LogP contribution in [-0.4, -0.2) is 48.6 Å². The lowest BCUT2D eigenvalue weighted by atomic mass is 9.76. The van der Waals surface area contributed by atoms with Gasteiger partial charge in [-0.05, 0) is 83.4 Å². The Balaban J connectivity index is 1.73. The average molecular weight is 679 g/mol. The molecule has 48 heavy (non-hydrogen) atoms. The van der Waals surface area contributed by atoms with Gasteiger partial charge in [0.05, 0.1) is 18.9 Å². The number of carboxylic acid groups (broad SMARTS) is 1. The fraction of sp³-hybridized carbons (Fsp3) is 0.513. The van der Waals surface area contributed by atoms with Crippen LogP contribution in [0.2, 0.25) is 0 Å². The highest BCUT2D eigenvalue weighted by Crippen LogP contribution is 2.39. The summed E-state index contributed by atoms with van der Waals surface area (Å²) in [6.45, 7) is 18.6. The van der Waals surface area contributed by atoms with Crippen LogP contribution < -0.4 is 15.4 Å². The van der Waals surface area contributed by atoms with Crippen molar-refractivity contribution in [1.29, 1.82) is 0 Å². The fourth-order valence-electron chi connectivity index (χ4n) is 5.09. The van der Waals surface area contributed by atoms with Crippen molar-refractivity contribution < 1.29 is 29.0 Å². The van der Waals surface area contributed by atoms with Crippen LogP contribution in [0.5, 0.6) is 5.75 Å². The molecule has 0 unspecified atom stereocenters. The first-order chi connectivity index (χ1) is 22.7. The van der Waals surface area contributed by atoms with Gasteiger partial charge in [0.1, 0.15) is 5.75 Å². The maximum atomic E-state index is 13.4. The molecule has 0 heterocycles. The molecular formula is C39H54N2O6S. The first-order valence-electron chi connectivity index (χ1n) is 17.1. The van der Waals surface area contributed by atoms with Gasteiger partial charge in [0, 0.05) is 34.4 Å². The van der Waals surface area contributed by atoms with Crippen LogP contribution in [-0.2, 0) is 20.4 Å². The van der Waals surface area contributed by atoms with Gasteiger partial charge in [-0.15, -0.1) is 11.8 Å². The van der Waals surface area contributed by atoms with E-state index >= 15 is 0 Å². The Morgan fingerprint density at radius 2 is 1.67 bits per heavy atom. The van der Waals surface area contributed by atoms with Crippen LogP contribution in [0.25, 0.3) is 10.8 Å². The minimum atomic E-state index is -0.851. The van der Waals surface area contributed by atoms with Crippen LogP contribution in [0.1, 0.15) is 109 Å². The smallest absolute Gasteiger partial charge is 0.411 e. The first-order valence-corrected chi connectivity index (χ1v) is 18.1. The second-order valence-corrected chi connectivity index (χ2v) is 15.1. The van der Waals surface area contributed by atoms with Crippen LogP contribution in [0.3, 0.4) is 0 Å². The number of fused-ring (bicyclic) bond motifs is 1. The van der Waals surface area contributed by atoms with Crippen LogP contribution in [0, 0.1) is 5.92 Å². The number of carbonyl (C=O) groups is 3. The number of benzene rings is 3. The van der Waals surface area contributed by atoms with E-state index in [2.05, 4.69) is 70.4 Å². The zero-order valence-corrected chi connectivity index (χ0v) is 30.8. The largest absolute Gasteiger partial charge is 0.493 e. The molecule has 3 N–H and O–H groups in total. The molecule has 0 aliphatic heterocycles.